The second-order valence-electron chi connectivity index (χ2n) is 5.60. The summed E-state index contributed by atoms with van der Waals surface area (Å²) in [6, 6.07) is 14.4. The largest absolute Gasteiger partial charge is 0.465 e. The number of hydrazine groups is 1. The Morgan fingerprint density at radius 3 is 2.52 bits per heavy atom. The van der Waals surface area contributed by atoms with E-state index >= 15 is 0 Å². The van der Waals surface area contributed by atoms with Crippen molar-refractivity contribution in [3.8, 4) is 0 Å². The molecule has 6 nitrogen and oxygen atoms in total. The van der Waals surface area contributed by atoms with Gasteiger partial charge < -0.3 is 4.74 Å². The zero-order valence-electron chi connectivity index (χ0n) is 14.1. The number of amides is 2. The minimum Gasteiger partial charge on any atom is -0.465 e. The normalized spacial score (nSPS) is 12.3. The molecule has 3 rings (SSSR count). The molecule has 0 bridgehead atoms. The molecule has 2 aromatic carbocycles. The predicted molar refractivity (Wildman–Crippen MR) is 96.0 cm³/mol. The van der Waals surface area contributed by atoms with Crippen LogP contribution in [0, 0.1) is 0 Å². The van der Waals surface area contributed by atoms with Gasteiger partial charge in [-0.05, 0) is 22.6 Å². The van der Waals surface area contributed by atoms with Gasteiger partial charge in [-0.2, -0.15) is 0 Å². The minimum absolute atomic E-state index is 0.335. The van der Waals surface area contributed by atoms with Gasteiger partial charge in [0.25, 0.3) is 0 Å². The van der Waals surface area contributed by atoms with E-state index in [2.05, 4.69) is 5.43 Å². The molecule has 0 aliphatic carbocycles. The number of hydrogen-bond acceptors (Lipinski definition) is 4. The lowest BCUT2D eigenvalue weighted by Crippen LogP contribution is -2.49. The lowest BCUT2D eigenvalue weighted by Gasteiger charge is -2.26. The highest BCUT2D eigenvalue weighted by Gasteiger charge is 2.19. The van der Waals surface area contributed by atoms with Crippen LogP contribution in [0.1, 0.15) is 10.4 Å². The van der Waals surface area contributed by atoms with Crippen molar-refractivity contribution in [1.82, 2.24) is 10.4 Å². The summed E-state index contributed by atoms with van der Waals surface area (Å²) >= 11 is 0. The molecule has 0 saturated carbocycles. The Morgan fingerprint density at radius 2 is 1.76 bits per heavy atom. The Hall–Kier alpha value is -3.28. The van der Waals surface area contributed by atoms with Crippen LogP contribution >= 0.6 is 0 Å². The molecule has 1 heterocycles. The first kappa shape index (κ1) is 16.6. The summed E-state index contributed by atoms with van der Waals surface area (Å²) in [6.07, 6.45) is 3.92. The highest BCUT2D eigenvalue weighted by atomic mass is 16.5. The lowest BCUT2D eigenvalue weighted by molar-refractivity contribution is 0.0601. The molecule has 1 aliphatic rings. The molecule has 2 amide bonds. The second kappa shape index (κ2) is 7.09. The average Bonchev–Trinajstić information content (AvgIpc) is 2.66. The standard InChI is InChI=1S/C19H19N3O3/c1-21(17-10-6-5-9-16(17)18(23)25-2)19(24)20-22-12-11-14-7-3-4-8-15(14)13-22/h3-11,13H,12H2,1-2H3,(H,20,24). The Bertz CT molecular complexity index is 924. The van der Waals surface area contributed by atoms with Gasteiger partial charge in [-0.15, -0.1) is 0 Å². The first-order valence-electron chi connectivity index (χ1n) is 7.85. The maximum absolute atomic E-state index is 12.6. The van der Waals surface area contributed by atoms with Gasteiger partial charge in [0.05, 0.1) is 24.9 Å². The van der Waals surface area contributed by atoms with E-state index in [0.717, 1.165) is 10.4 Å². The molecule has 128 valence electrons. The molecular formula is C19H19N3O3. The minimum atomic E-state index is -0.484. The van der Waals surface area contributed by atoms with E-state index in [0.29, 0.717) is 17.8 Å². The van der Waals surface area contributed by atoms with Gasteiger partial charge in [0.1, 0.15) is 0 Å². The number of para-hydroxylation sites is 1. The number of esters is 1. The molecule has 0 unspecified atom stereocenters. The number of carbonyl (C=O) groups excluding carboxylic acids is 2. The van der Waals surface area contributed by atoms with Crippen LogP contribution in [0.4, 0.5) is 10.5 Å². The molecular weight excluding hydrogens is 318 g/mol. The first-order chi connectivity index (χ1) is 12.1. The van der Waals surface area contributed by atoms with Crippen molar-refractivity contribution in [3.05, 3.63) is 64.5 Å². The number of hydrogen-bond donors (Lipinski definition) is 1. The molecule has 0 saturated heterocycles. The fraction of sp³-hybridized carbons (Fsp3) is 0.158. The van der Waals surface area contributed by atoms with Crippen molar-refractivity contribution < 1.29 is 14.3 Å². The maximum Gasteiger partial charge on any atom is 0.340 e. The fourth-order valence-corrected chi connectivity index (χ4v) is 2.67. The van der Waals surface area contributed by atoms with Crippen LogP contribution < -0.4 is 20.8 Å². The summed E-state index contributed by atoms with van der Waals surface area (Å²) in [4.78, 5) is 25.8. The van der Waals surface area contributed by atoms with E-state index in [9.17, 15) is 9.59 Å². The van der Waals surface area contributed by atoms with Crippen molar-refractivity contribution >= 4 is 30.0 Å². The summed E-state index contributed by atoms with van der Waals surface area (Å²) in [7, 11) is 2.92. The Balaban J connectivity index is 1.79. The fourth-order valence-electron chi connectivity index (χ4n) is 2.67. The lowest BCUT2D eigenvalue weighted by atomic mass is 10.1. The average molecular weight is 337 g/mol. The van der Waals surface area contributed by atoms with Gasteiger partial charge in [0.2, 0.25) is 0 Å². The van der Waals surface area contributed by atoms with Crippen molar-refractivity contribution in [3.63, 3.8) is 0 Å². The Labute approximate surface area is 145 Å². The van der Waals surface area contributed by atoms with Crippen LogP contribution in [0.5, 0.6) is 0 Å². The third-order valence-electron chi connectivity index (χ3n) is 4.01. The third kappa shape index (κ3) is 3.47. The molecule has 1 N–H and O–H groups in total. The zero-order valence-corrected chi connectivity index (χ0v) is 14.1. The van der Waals surface area contributed by atoms with Gasteiger partial charge in [0.15, 0.2) is 0 Å². The van der Waals surface area contributed by atoms with E-state index in [1.807, 2.05) is 36.5 Å². The number of anilines is 1. The number of urea groups is 1. The monoisotopic (exact) mass is 337 g/mol. The molecule has 6 heteroatoms. The number of carbonyl (C=O) groups is 2. The Kier molecular flexibility index (Phi) is 4.70. The predicted octanol–water partition coefficient (Wildman–Crippen LogP) is 1.07. The zero-order chi connectivity index (χ0) is 17.8. The molecule has 0 radical (unpaired) electrons. The molecule has 0 aromatic heterocycles. The van der Waals surface area contributed by atoms with Crippen LogP contribution in [0.25, 0.3) is 12.3 Å². The number of nitrogens with one attached hydrogen (secondary N) is 1. The molecule has 0 fully saturated rings. The topological polar surface area (TPSA) is 61.9 Å². The van der Waals surface area contributed by atoms with Gasteiger partial charge in [-0.3, -0.25) is 9.91 Å². The number of fused-ring (bicyclic) bond motifs is 1. The highest BCUT2D eigenvalue weighted by molar-refractivity contribution is 6.01. The van der Waals surface area contributed by atoms with Gasteiger partial charge in [0, 0.05) is 13.2 Å². The van der Waals surface area contributed by atoms with Crippen LogP contribution in [0.2, 0.25) is 0 Å². The number of nitrogens with zero attached hydrogens (tertiary/aromatic N) is 2. The van der Waals surface area contributed by atoms with Crippen LogP contribution in [-0.2, 0) is 4.74 Å². The van der Waals surface area contributed by atoms with E-state index in [1.165, 1.54) is 12.0 Å². The smallest absolute Gasteiger partial charge is 0.340 e. The summed E-state index contributed by atoms with van der Waals surface area (Å²) in [5.41, 5.74) is 3.64. The Morgan fingerprint density at radius 1 is 1.08 bits per heavy atom. The van der Waals surface area contributed by atoms with Crippen molar-refractivity contribution in [1.29, 1.82) is 0 Å². The number of rotatable bonds is 3. The van der Waals surface area contributed by atoms with E-state index < -0.39 is 5.97 Å². The van der Waals surface area contributed by atoms with E-state index in [1.54, 1.807) is 36.3 Å². The van der Waals surface area contributed by atoms with Crippen LogP contribution in [0.15, 0.2) is 48.5 Å². The highest BCUT2D eigenvalue weighted by Crippen LogP contribution is 2.20. The molecule has 0 spiro atoms. The number of benzene rings is 2. The van der Waals surface area contributed by atoms with Crippen LogP contribution in [-0.4, -0.2) is 37.7 Å². The molecule has 25 heavy (non-hydrogen) atoms. The summed E-state index contributed by atoms with van der Waals surface area (Å²) in [5, 5.41) is 3.88. The summed E-state index contributed by atoms with van der Waals surface area (Å²) in [6.45, 7) is 0.565. The first-order valence-corrected chi connectivity index (χ1v) is 7.85. The number of ether oxygens (including phenoxy) is 1. The molecule has 2 aromatic rings. The summed E-state index contributed by atoms with van der Waals surface area (Å²) in [5.74, 6) is -0.484. The van der Waals surface area contributed by atoms with Crippen molar-refractivity contribution in [2.24, 2.45) is 0 Å². The SMILES string of the molecule is COC(=O)c1ccccc1N(C)C(=O)NN1C=c2ccccc2=CC1. The molecule has 0 atom stereocenters. The number of methoxy groups -OCH3 is 1. The maximum atomic E-state index is 12.6. The van der Waals surface area contributed by atoms with Gasteiger partial charge >= 0.3 is 12.0 Å². The van der Waals surface area contributed by atoms with Gasteiger partial charge in [-0.25, -0.2) is 15.0 Å². The van der Waals surface area contributed by atoms with E-state index in [4.69, 9.17) is 4.74 Å². The van der Waals surface area contributed by atoms with Crippen LogP contribution in [0.3, 0.4) is 0 Å². The summed E-state index contributed by atoms with van der Waals surface area (Å²) < 4.78 is 4.78. The second-order valence-corrected chi connectivity index (χ2v) is 5.60. The van der Waals surface area contributed by atoms with E-state index in [-0.39, 0.29) is 6.03 Å². The van der Waals surface area contributed by atoms with Gasteiger partial charge in [-0.1, -0.05) is 42.5 Å². The molecule has 1 aliphatic heterocycles. The third-order valence-corrected chi connectivity index (χ3v) is 4.01. The quantitative estimate of drug-likeness (QED) is 0.851. The van der Waals surface area contributed by atoms with Crippen molar-refractivity contribution in [2.75, 3.05) is 25.6 Å². The van der Waals surface area contributed by atoms with Crippen molar-refractivity contribution in [2.45, 2.75) is 0 Å².